The number of hydrogen-bond donors (Lipinski definition) is 0. The highest BCUT2D eigenvalue weighted by Crippen LogP contribution is 2.15. The Morgan fingerprint density at radius 1 is 1.35 bits per heavy atom. The van der Waals surface area contributed by atoms with Crippen molar-refractivity contribution in [2.45, 2.75) is 19.8 Å². The second kappa shape index (κ2) is 5.27. The number of hydrogen-bond acceptors (Lipinski definition) is 2. The van der Waals surface area contributed by atoms with Crippen LogP contribution >= 0.6 is 0 Å². The summed E-state index contributed by atoms with van der Waals surface area (Å²) in [4.78, 5) is 16.1. The molecular formula is C15H13NO. The molecule has 17 heavy (non-hydrogen) atoms. The first-order chi connectivity index (χ1) is 8.31. The number of nitrogens with zero attached hydrogens (tertiary/aromatic N) is 1. The summed E-state index contributed by atoms with van der Waals surface area (Å²) >= 11 is 0. The zero-order valence-corrected chi connectivity index (χ0v) is 9.73. The van der Waals surface area contributed by atoms with E-state index in [-0.39, 0.29) is 5.78 Å². The maximum atomic E-state index is 11.9. The minimum absolute atomic E-state index is 0.138. The van der Waals surface area contributed by atoms with Crippen LogP contribution in [0, 0.1) is 11.8 Å². The molecule has 0 atom stereocenters. The Morgan fingerprint density at radius 3 is 3.06 bits per heavy atom. The lowest BCUT2D eigenvalue weighted by Crippen LogP contribution is -1.98. The second-order valence-corrected chi connectivity index (χ2v) is 3.76. The molecule has 0 N–H and O–H groups in total. The summed E-state index contributed by atoms with van der Waals surface area (Å²) in [5.41, 5.74) is 1.65. The summed E-state index contributed by atoms with van der Waals surface area (Å²) in [7, 11) is 0. The van der Waals surface area contributed by atoms with E-state index in [4.69, 9.17) is 0 Å². The average molecular weight is 223 g/mol. The van der Waals surface area contributed by atoms with Crippen molar-refractivity contribution in [3.8, 4) is 11.8 Å². The first kappa shape index (κ1) is 11.3. The number of fused-ring (bicyclic) bond motifs is 1. The molecule has 1 heterocycles. The van der Waals surface area contributed by atoms with Gasteiger partial charge in [-0.1, -0.05) is 6.07 Å². The van der Waals surface area contributed by atoms with Crippen LogP contribution in [0.15, 0.2) is 36.5 Å². The molecule has 0 amide bonds. The van der Waals surface area contributed by atoms with Gasteiger partial charge in [0.15, 0.2) is 5.78 Å². The molecule has 1 aromatic heterocycles. The number of carbonyl (C=O) groups is 1. The van der Waals surface area contributed by atoms with E-state index in [1.165, 1.54) is 0 Å². The molecule has 0 bridgehead atoms. The Kier molecular flexibility index (Phi) is 3.52. The van der Waals surface area contributed by atoms with Gasteiger partial charge in [0.25, 0.3) is 0 Å². The van der Waals surface area contributed by atoms with Gasteiger partial charge in [0.05, 0.1) is 5.52 Å². The van der Waals surface area contributed by atoms with Crippen molar-refractivity contribution < 1.29 is 4.79 Å². The number of ketones is 1. The largest absolute Gasteiger partial charge is 0.294 e. The van der Waals surface area contributed by atoms with Crippen LogP contribution in [-0.2, 0) is 0 Å². The van der Waals surface area contributed by atoms with Crippen LogP contribution in [0.1, 0.15) is 30.1 Å². The summed E-state index contributed by atoms with van der Waals surface area (Å²) in [6.07, 6.45) is 2.85. The Labute approximate surface area is 101 Å². The van der Waals surface area contributed by atoms with E-state index in [0.717, 1.165) is 16.5 Å². The van der Waals surface area contributed by atoms with Crippen molar-refractivity contribution in [2.75, 3.05) is 0 Å². The number of aromatic nitrogens is 1. The number of carbonyl (C=O) groups excluding carboxylic acids is 1. The summed E-state index contributed by atoms with van der Waals surface area (Å²) in [5.74, 6) is 5.83. The summed E-state index contributed by atoms with van der Waals surface area (Å²) in [6.45, 7) is 1.78. The van der Waals surface area contributed by atoms with Crippen molar-refractivity contribution in [1.82, 2.24) is 4.98 Å². The average Bonchev–Trinajstić information content (AvgIpc) is 2.38. The number of pyridine rings is 1. The van der Waals surface area contributed by atoms with Crippen LogP contribution in [-0.4, -0.2) is 10.8 Å². The van der Waals surface area contributed by atoms with E-state index < -0.39 is 0 Å². The molecule has 1 aromatic carbocycles. The topological polar surface area (TPSA) is 30.0 Å². The quantitative estimate of drug-likeness (QED) is 0.590. The molecule has 2 nitrogen and oxygen atoms in total. The Hall–Kier alpha value is -2.14. The highest BCUT2D eigenvalue weighted by Gasteiger charge is 2.05. The number of Topliss-reactive ketones (excluding diaryl/α,β-unsaturated/α-hetero) is 1. The first-order valence-corrected chi connectivity index (χ1v) is 5.59. The van der Waals surface area contributed by atoms with Crippen LogP contribution in [0.2, 0.25) is 0 Å². The molecule has 84 valence electrons. The van der Waals surface area contributed by atoms with Crippen LogP contribution in [0.5, 0.6) is 0 Å². The van der Waals surface area contributed by atoms with E-state index >= 15 is 0 Å². The summed E-state index contributed by atoms with van der Waals surface area (Å²) in [5, 5.41) is 1.000. The summed E-state index contributed by atoms with van der Waals surface area (Å²) in [6, 6.07) is 9.44. The highest BCUT2D eigenvalue weighted by atomic mass is 16.1. The molecule has 0 saturated heterocycles. The van der Waals surface area contributed by atoms with E-state index in [1.807, 2.05) is 30.3 Å². The van der Waals surface area contributed by atoms with E-state index in [1.54, 1.807) is 13.1 Å². The molecule has 2 aromatic rings. The maximum absolute atomic E-state index is 11.9. The van der Waals surface area contributed by atoms with E-state index in [2.05, 4.69) is 16.8 Å². The SMILES string of the molecule is CC#CCCC(=O)c1ccc2ncccc2c1. The minimum atomic E-state index is 0.138. The van der Waals surface area contributed by atoms with Gasteiger partial charge in [0.2, 0.25) is 0 Å². The van der Waals surface area contributed by atoms with Gasteiger partial charge in [-0.2, -0.15) is 0 Å². The Morgan fingerprint density at radius 2 is 2.24 bits per heavy atom. The lowest BCUT2D eigenvalue weighted by atomic mass is 10.0. The fourth-order valence-electron chi connectivity index (χ4n) is 1.69. The fourth-order valence-corrected chi connectivity index (χ4v) is 1.69. The smallest absolute Gasteiger partial charge is 0.163 e. The Bertz CT molecular complexity index is 605. The molecule has 0 aliphatic rings. The van der Waals surface area contributed by atoms with Crippen molar-refractivity contribution in [3.05, 3.63) is 42.1 Å². The number of rotatable bonds is 3. The predicted molar refractivity (Wildman–Crippen MR) is 68.8 cm³/mol. The number of benzene rings is 1. The van der Waals surface area contributed by atoms with Crippen LogP contribution in [0.3, 0.4) is 0 Å². The third kappa shape index (κ3) is 2.70. The van der Waals surface area contributed by atoms with E-state index in [9.17, 15) is 4.79 Å². The van der Waals surface area contributed by atoms with Gasteiger partial charge in [0.1, 0.15) is 0 Å². The van der Waals surface area contributed by atoms with Gasteiger partial charge in [-0.05, 0) is 31.2 Å². The zero-order valence-electron chi connectivity index (χ0n) is 9.73. The molecule has 2 heteroatoms. The monoisotopic (exact) mass is 223 g/mol. The van der Waals surface area contributed by atoms with Crippen LogP contribution in [0.4, 0.5) is 0 Å². The second-order valence-electron chi connectivity index (χ2n) is 3.76. The van der Waals surface area contributed by atoms with Crippen molar-refractivity contribution in [2.24, 2.45) is 0 Å². The van der Waals surface area contributed by atoms with Gasteiger partial charge in [-0.3, -0.25) is 9.78 Å². The third-order valence-electron chi connectivity index (χ3n) is 2.58. The lowest BCUT2D eigenvalue weighted by Gasteiger charge is -2.01. The molecule has 0 unspecified atom stereocenters. The molecule has 0 fully saturated rings. The molecule has 0 spiro atoms. The van der Waals surface area contributed by atoms with Crippen molar-refractivity contribution in [3.63, 3.8) is 0 Å². The van der Waals surface area contributed by atoms with Gasteiger partial charge in [-0.25, -0.2) is 0 Å². The predicted octanol–water partition coefficient (Wildman–Crippen LogP) is 3.22. The van der Waals surface area contributed by atoms with Gasteiger partial charge < -0.3 is 0 Å². The van der Waals surface area contributed by atoms with Crippen LogP contribution < -0.4 is 0 Å². The normalized spacial score (nSPS) is 9.71. The van der Waals surface area contributed by atoms with Gasteiger partial charge in [0, 0.05) is 30.0 Å². The van der Waals surface area contributed by atoms with Gasteiger partial charge in [-0.15, -0.1) is 11.8 Å². The minimum Gasteiger partial charge on any atom is -0.294 e. The fraction of sp³-hybridized carbons (Fsp3) is 0.200. The van der Waals surface area contributed by atoms with Gasteiger partial charge >= 0.3 is 0 Å². The maximum Gasteiger partial charge on any atom is 0.163 e. The van der Waals surface area contributed by atoms with Crippen molar-refractivity contribution in [1.29, 1.82) is 0 Å². The molecule has 0 aliphatic heterocycles. The van der Waals surface area contributed by atoms with Crippen LogP contribution in [0.25, 0.3) is 10.9 Å². The standard InChI is InChI=1S/C15H13NO/c1-2-3-4-7-15(17)13-8-9-14-12(11-13)6-5-10-16-14/h5-6,8-11H,4,7H2,1H3. The zero-order chi connectivity index (χ0) is 12.1. The molecule has 0 saturated carbocycles. The molecule has 0 aliphatic carbocycles. The Balaban J connectivity index is 2.23. The molecule has 2 rings (SSSR count). The van der Waals surface area contributed by atoms with Crippen molar-refractivity contribution >= 4 is 16.7 Å². The molecular weight excluding hydrogens is 210 g/mol. The highest BCUT2D eigenvalue weighted by molar-refractivity contribution is 5.99. The molecule has 0 radical (unpaired) electrons. The summed E-state index contributed by atoms with van der Waals surface area (Å²) < 4.78 is 0. The van der Waals surface area contributed by atoms with E-state index in [0.29, 0.717) is 12.8 Å². The lowest BCUT2D eigenvalue weighted by molar-refractivity contribution is 0.0984. The third-order valence-corrected chi connectivity index (χ3v) is 2.58. The first-order valence-electron chi connectivity index (χ1n) is 5.59.